The van der Waals surface area contributed by atoms with Crippen LogP contribution in [0.25, 0.3) is 30.3 Å². The van der Waals surface area contributed by atoms with Gasteiger partial charge in [-0.3, -0.25) is 0 Å². The topological polar surface area (TPSA) is 15.7 Å². The molecule has 0 spiro atoms. The molecule has 2 aromatic heterocycles. The predicted molar refractivity (Wildman–Crippen MR) is 234 cm³/mol. The van der Waals surface area contributed by atoms with Crippen LogP contribution in [0.3, 0.4) is 0 Å². The Morgan fingerprint density at radius 3 is 2.02 bits per heavy atom. The second-order valence-corrected chi connectivity index (χ2v) is 17.5. The van der Waals surface area contributed by atoms with E-state index in [2.05, 4.69) is 188 Å². The van der Waals surface area contributed by atoms with Crippen LogP contribution in [-0.4, -0.2) is 6.71 Å². The molecule has 54 heavy (non-hydrogen) atoms. The standard InChI is InChI=1S/C48H35BN2OS2/c1-48(2,3)30-24-27-43-36(28-30)45-47(54-43)49-37-26-25-33(50(31-14-6-4-7-15-31)32-16-8-5-9-17-32)29-40(37)51(38-20-13-22-41(52-45)44(38)49)39-21-12-19-35-34-18-10-11-23-42(34)53-46(35)39/h4-29H,1-3H3. The largest absolute Gasteiger partial charge is 0.457 e. The van der Waals surface area contributed by atoms with Gasteiger partial charge >= 0.3 is 0 Å². The van der Waals surface area contributed by atoms with E-state index in [-0.39, 0.29) is 12.1 Å². The summed E-state index contributed by atoms with van der Waals surface area (Å²) in [5.74, 6) is 1.94. The van der Waals surface area contributed by atoms with E-state index in [0.717, 1.165) is 34.2 Å². The highest BCUT2D eigenvalue weighted by atomic mass is 32.1. The van der Waals surface area contributed by atoms with Gasteiger partial charge in [-0.2, -0.15) is 0 Å². The Bertz CT molecular complexity index is 2890. The van der Waals surface area contributed by atoms with Gasteiger partial charge in [0, 0.05) is 58.8 Å². The van der Waals surface area contributed by atoms with Crippen molar-refractivity contribution in [3.8, 4) is 11.5 Å². The summed E-state index contributed by atoms with van der Waals surface area (Å²) in [5.41, 5.74) is 10.7. The normalized spacial score (nSPS) is 13.2. The minimum atomic E-state index is 0.0271. The maximum Gasteiger partial charge on any atom is 0.268 e. The van der Waals surface area contributed by atoms with Crippen LogP contribution >= 0.6 is 22.7 Å². The molecule has 0 fully saturated rings. The van der Waals surface area contributed by atoms with Gasteiger partial charge in [0.25, 0.3) is 6.71 Å². The Labute approximate surface area is 323 Å². The highest BCUT2D eigenvalue weighted by molar-refractivity contribution is 7.33. The van der Waals surface area contributed by atoms with E-state index < -0.39 is 0 Å². The second kappa shape index (κ2) is 11.8. The molecule has 11 rings (SSSR count). The van der Waals surface area contributed by atoms with Crippen LogP contribution < -0.4 is 30.2 Å². The van der Waals surface area contributed by atoms with Crippen molar-refractivity contribution in [2.24, 2.45) is 0 Å². The molecule has 0 amide bonds. The van der Waals surface area contributed by atoms with Crippen LogP contribution in [0.1, 0.15) is 26.3 Å². The van der Waals surface area contributed by atoms with Gasteiger partial charge in [-0.1, -0.05) is 106 Å². The summed E-state index contributed by atoms with van der Waals surface area (Å²) < 4.78 is 12.1. The van der Waals surface area contributed by atoms with Crippen molar-refractivity contribution >= 4 is 109 Å². The lowest BCUT2D eigenvalue weighted by molar-refractivity contribution is 0.494. The van der Waals surface area contributed by atoms with E-state index in [9.17, 15) is 0 Å². The molecule has 0 aliphatic carbocycles. The maximum atomic E-state index is 7.04. The fourth-order valence-electron chi connectivity index (χ4n) is 8.51. The third kappa shape index (κ3) is 4.73. The lowest BCUT2D eigenvalue weighted by Crippen LogP contribution is -2.58. The van der Waals surface area contributed by atoms with Gasteiger partial charge in [0.05, 0.1) is 10.4 Å². The molecule has 2 aliphatic rings. The number of hydrogen-bond donors (Lipinski definition) is 0. The van der Waals surface area contributed by atoms with Crippen molar-refractivity contribution in [3.05, 3.63) is 163 Å². The van der Waals surface area contributed by atoms with Crippen LogP contribution in [-0.2, 0) is 5.41 Å². The van der Waals surface area contributed by atoms with E-state index in [1.54, 1.807) is 0 Å². The number of rotatable bonds is 4. The fraction of sp³-hybridized carbons (Fsp3) is 0.0833. The second-order valence-electron chi connectivity index (χ2n) is 15.3. The number of fused-ring (bicyclic) bond motifs is 9. The minimum absolute atomic E-state index is 0.0271. The Kier molecular flexibility index (Phi) is 6.95. The molecular formula is C48H35BN2OS2. The average molecular weight is 731 g/mol. The molecule has 0 saturated heterocycles. The van der Waals surface area contributed by atoms with Gasteiger partial charge in [-0.05, 0) is 94.7 Å². The summed E-state index contributed by atoms with van der Waals surface area (Å²) in [5, 5.41) is 3.78. The van der Waals surface area contributed by atoms with Crippen molar-refractivity contribution in [2.45, 2.75) is 26.2 Å². The van der Waals surface area contributed by atoms with Crippen LogP contribution in [0.4, 0.5) is 34.1 Å². The molecule has 2 aliphatic heterocycles. The Balaban J connectivity index is 1.20. The molecule has 0 bridgehead atoms. The highest BCUT2D eigenvalue weighted by Crippen LogP contribution is 2.49. The number of para-hydroxylation sites is 2. The zero-order chi connectivity index (χ0) is 36.1. The quantitative estimate of drug-likeness (QED) is 0.168. The van der Waals surface area contributed by atoms with Crippen molar-refractivity contribution in [3.63, 3.8) is 0 Å². The summed E-state index contributed by atoms with van der Waals surface area (Å²) in [6.45, 7) is 6.87. The maximum absolute atomic E-state index is 7.04. The lowest BCUT2D eigenvalue weighted by atomic mass is 9.37. The van der Waals surface area contributed by atoms with E-state index in [1.165, 1.54) is 62.9 Å². The van der Waals surface area contributed by atoms with Crippen molar-refractivity contribution in [1.29, 1.82) is 0 Å². The van der Waals surface area contributed by atoms with Gasteiger partial charge in [0.2, 0.25) is 0 Å². The molecule has 6 heteroatoms. The first-order valence-electron chi connectivity index (χ1n) is 18.5. The first-order valence-corrected chi connectivity index (χ1v) is 20.2. The molecule has 0 unspecified atom stereocenters. The van der Waals surface area contributed by atoms with Gasteiger partial charge in [0.15, 0.2) is 0 Å². The molecule has 0 radical (unpaired) electrons. The molecule has 0 saturated carbocycles. The van der Waals surface area contributed by atoms with E-state index in [1.807, 2.05) is 22.7 Å². The molecule has 3 nitrogen and oxygen atoms in total. The van der Waals surface area contributed by atoms with Gasteiger partial charge in [-0.25, -0.2) is 0 Å². The number of anilines is 6. The summed E-state index contributed by atoms with van der Waals surface area (Å²) in [6, 6.07) is 57.6. The van der Waals surface area contributed by atoms with E-state index >= 15 is 0 Å². The van der Waals surface area contributed by atoms with Crippen molar-refractivity contribution < 1.29 is 4.74 Å². The van der Waals surface area contributed by atoms with Gasteiger partial charge < -0.3 is 14.5 Å². The van der Waals surface area contributed by atoms with Crippen LogP contribution in [0.2, 0.25) is 0 Å². The predicted octanol–water partition coefficient (Wildman–Crippen LogP) is 12.4. The Morgan fingerprint density at radius 2 is 1.24 bits per heavy atom. The lowest BCUT2D eigenvalue weighted by Gasteiger charge is -2.40. The molecular weight excluding hydrogens is 695 g/mol. The fourth-order valence-corrected chi connectivity index (χ4v) is 11.0. The zero-order valence-electron chi connectivity index (χ0n) is 30.2. The summed E-state index contributed by atoms with van der Waals surface area (Å²) in [6.07, 6.45) is 0. The van der Waals surface area contributed by atoms with Crippen LogP contribution in [0.15, 0.2) is 158 Å². The third-order valence-corrected chi connectivity index (χ3v) is 13.5. The third-order valence-electron chi connectivity index (χ3n) is 11.1. The number of benzene rings is 7. The number of ether oxygens (including phenoxy) is 1. The van der Waals surface area contributed by atoms with E-state index in [0.29, 0.717) is 0 Å². The molecule has 7 aromatic carbocycles. The number of hydrogen-bond acceptors (Lipinski definition) is 5. The molecule has 4 heterocycles. The van der Waals surface area contributed by atoms with Crippen LogP contribution in [0, 0.1) is 0 Å². The summed E-state index contributed by atoms with van der Waals surface area (Å²) in [7, 11) is 0. The number of thiophene rings is 2. The monoisotopic (exact) mass is 730 g/mol. The average Bonchev–Trinajstić information content (AvgIpc) is 3.77. The smallest absolute Gasteiger partial charge is 0.268 e. The van der Waals surface area contributed by atoms with Gasteiger partial charge in [-0.15, -0.1) is 22.7 Å². The van der Waals surface area contributed by atoms with E-state index in [4.69, 9.17) is 4.74 Å². The first kappa shape index (κ1) is 31.7. The molecule has 0 N–H and O–H groups in total. The Hall–Kier alpha value is -5.82. The number of nitrogens with zero attached hydrogens (tertiary/aromatic N) is 2. The first-order chi connectivity index (χ1) is 26.4. The Morgan fingerprint density at radius 1 is 0.556 bits per heavy atom. The minimum Gasteiger partial charge on any atom is -0.457 e. The zero-order valence-corrected chi connectivity index (χ0v) is 31.8. The summed E-state index contributed by atoms with van der Waals surface area (Å²) in [4.78, 5) is 4.88. The van der Waals surface area contributed by atoms with Crippen molar-refractivity contribution in [2.75, 3.05) is 9.80 Å². The molecule has 0 atom stereocenters. The molecule has 9 aromatic rings. The molecule has 258 valence electrons. The highest BCUT2D eigenvalue weighted by Gasteiger charge is 2.44. The van der Waals surface area contributed by atoms with Crippen LogP contribution in [0.5, 0.6) is 11.5 Å². The van der Waals surface area contributed by atoms with Gasteiger partial charge in [0.1, 0.15) is 11.5 Å². The van der Waals surface area contributed by atoms with Crippen molar-refractivity contribution in [1.82, 2.24) is 0 Å². The summed E-state index contributed by atoms with van der Waals surface area (Å²) >= 11 is 3.75. The SMILES string of the molecule is CC(C)(C)c1ccc2sc3c(c2c1)Oc1cccc2c1B3c1ccc(N(c3ccccc3)c3ccccc3)cc1N2c1cccc2c1sc1ccccc12.